The summed E-state index contributed by atoms with van der Waals surface area (Å²) >= 11 is 3.21. The van der Waals surface area contributed by atoms with Crippen molar-refractivity contribution in [2.24, 2.45) is 4.99 Å². The molecule has 0 aliphatic rings. The summed E-state index contributed by atoms with van der Waals surface area (Å²) in [5, 5.41) is 3.01. The SMILES string of the molecule is C/C(=C\Sc1ccc(F)cc1)C(=Nc1ccccc1)Sc1ccc(C)cc1. The number of para-hydroxylation sites is 1. The fourth-order valence-corrected chi connectivity index (χ4v) is 3.91. The Balaban J connectivity index is 1.85. The quantitative estimate of drug-likeness (QED) is 0.251. The van der Waals surface area contributed by atoms with E-state index in [0.29, 0.717) is 0 Å². The van der Waals surface area contributed by atoms with Gasteiger partial charge >= 0.3 is 0 Å². The topological polar surface area (TPSA) is 12.4 Å². The zero-order chi connectivity index (χ0) is 19.1. The van der Waals surface area contributed by atoms with Crippen LogP contribution in [0.25, 0.3) is 0 Å². The molecule has 0 bridgehead atoms. The zero-order valence-corrected chi connectivity index (χ0v) is 16.9. The average molecular weight is 394 g/mol. The molecule has 3 aromatic carbocycles. The summed E-state index contributed by atoms with van der Waals surface area (Å²) in [7, 11) is 0. The molecule has 27 heavy (non-hydrogen) atoms. The lowest BCUT2D eigenvalue weighted by Gasteiger charge is -2.08. The molecule has 0 atom stereocenters. The van der Waals surface area contributed by atoms with E-state index in [1.54, 1.807) is 35.7 Å². The minimum atomic E-state index is -0.221. The van der Waals surface area contributed by atoms with Crippen LogP contribution >= 0.6 is 23.5 Å². The van der Waals surface area contributed by atoms with Crippen molar-refractivity contribution in [1.82, 2.24) is 0 Å². The number of halogens is 1. The maximum atomic E-state index is 13.1. The molecule has 0 saturated carbocycles. The van der Waals surface area contributed by atoms with Gasteiger partial charge < -0.3 is 0 Å². The van der Waals surface area contributed by atoms with E-state index < -0.39 is 0 Å². The van der Waals surface area contributed by atoms with Crippen LogP contribution in [-0.4, -0.2) is 5.04 Å². The highest BCUT2D eigenvalue weighted by Gasteiger charge is 2.07. The molecule has 0 aliphatic heterocycles. The van der Waals surface area contributed by atoms with Crippen molar-refractivity contribution < 1.29 is 4.39 Å². The molecule has 0 spiro atoms. The third-order valence-electron chi connectivity index (χ3n) is 3.75. The van der Waals surface area contributed by atoms with E-state index in [1.807, 2.05) is 30.3 Å². The van der Waals surface area contributed by atoms with Gasteiger partial charge in [-0.05, 0) is 73.4 Å². The summed E-state index contributed by atoms with van der Waals surface area (Å²) in [4.78, 5) is 6.98. The van der Waals surface area contributed by atoms with Gasteiger partial charge in [-0.3, -0.25) is 0 Å². The van der Waals surface area contributed by atoms with Gasteiger partial charge in [0.15, 0.2) is 0 Å². The average Bonchev–Trinajstić information content (AvgIpc) is 2.69. The van der Waals surface area contributed by atoms with E-state index in [0.717, 1.165) is 26.1 Å². The fraction of sp³-hybridized carbons (Fsp3) is 0.0870. The minimum absolute atomic E-state index is 0.221. The van der Waals surface area contributed by atoms with Gasteiger partial charge in [-0.25, -0.2) is 9.38 Å². The highest BCUT2D eigenvalue weighted by molar-refractivity contribution is 8.14. The molecule has 0 aliphatic carbocycles. The molecule has 136 valence electrons. The molecule has 0 unspecified atom stereocenters. The number of aryl methyl sites for hydroxylation is 1. The Morgan fingerprint density at radius 2 is 1.48 bits per heavy atom. The second-order valence-electron chi connectivity index (χ2n) is 6.04. The number of hydrogen-bond acceptors (Lipinski definition) is 3. The number of nitrogens with zero attached hydrogens (tertiary/aromatic N) is 1. The lowest BCUT2D eigenvalue weighted by atomic mass is 10.2. The molecule has 0 amide bonds. The minimum Gasteiger partial charge on any atom is -0.241 e. The Kier molecular flexibility index (Phi) is 6.91. The predicted molar refractivity (Wildman–Crippen MR) is 117 cm³/mol. The Labute approximate surface area is 168 Å². The Bertz CT molecular complexity index is 930. The Morgan fingerprint density at radius 1 is 0.852 bits per heavy atom. The molecule has 0 saturated heterocycles. The van der Waals surface area contributed by atoms with Crippen molar-refractivity contribution in [3.8, 4) is 0 Å². The first-order valence-corrected chi connectivity index (χ1v) is 10.3. The molecule has 0 aromatic heterocycles. The van der Waals surface area contributed by atoms with Crippen LogP contribution in [0.1, 0.15) is 12.5 Å². The highest BCUT2D eigenvalue weighted by atomic mass is 32.2. The second-order valence-corrected chi connectivity index (χ2v) is 8.05. The molecule has 0 fully saturated rings. The number of rotatable bonds is 5. The van der Waals surface area contributed by atoms with Crippen LogP contribution in [0.3, 0.4) is 0 Å². The maximum absolute atomic E-state index is 13.1. The van der Waals surface area contributed by atoms with E-state index in [4.69, 9.17) is 4.99 Å². The van der Waals surface area contributed by atoms with Crippen molar-refractivity contribution in [2.75, 3.05) is 0 Å². The molecule has 0 N–H and O–H groups in total. The van der Waals surface area contributed by atoms with Crippen LogP contribution in [0, 0.1) is 12.7 Å². The van der Waals surface area contributed by atoms with Gasteiger partial charge in [-0.1, -0.05) is 59.4 Å². The summed E-state index contributed by atoms with van der Waals surface area (Å²) in [6, 6.07) is 24.9. The second kappa shape index (κ2) is 9.58. The van der Waals surface area contributed by atoms with Gasteiger partial charge in [0, 0.05) is 9.79 Å². The van der Waals surface area contributed by atoms with E-state index in [2.05, 4.69) is 43.5 Å². The van der Waals surface area contributed by atoms with E-state index in [-0.39, 0.29) is 5.82 Å². The van der Waals surface area contributed by atoms with E-state index in [1.165, 1.54) is 17.7 Å². The fourth-order valence-electron chi connectivity index (χ4n) is 2.25. The summed E-state index contributed by atoms with van der Waals surface area (Å²) in [6.07, 6.45) is 0. The first kappa shape index (κ1) is 19.5. The van der Waals surface area contributed by atoms with Gasteiger partial charge in [-0.15, -0.1) is 0 Å². The van der Waals surface area contributed by atoms with E-state index in [9.17, 15) is 4.39 Å². The van der Waals surface area contributed by atoms with Gasteiger partial charge in [0.2, 0.25) is 0 Å². The van der Waals surface area contributed by atoms with Crippen LogP contribution in [0.2, 0.25) is 0 Å². The van der Waals surface area contributed by atoms with Crippen molar-refractivity contribution in [1.29, 1.82) is 0 Å². The van der Waals surface area contributed by atoms with Crippen molar-refractivity contribution in [3.05, 3.63) is 101 Å². The zero-order valence-electron chi connectivity index (χ0n) is 15.2. The lowest BCUT2D eigenvalue weighted by molar-refractivity contribution is 0.626. The smallest absolute Gasteiger partial charge is 0.123 e. The molecule has 3 rings (SSSR count). The normalized spacial score (nSPS) is 12.3. The standard InChI is InChI=1S/C23H20FNS2/c1-17-8-12-22(13-9-17)27-23(25-20-6-4-3-5-7-20)18(2)16-26-21-14-10-19(24)11-15-21/h3-16H,1-2H3/b18-16+,25-23?. The largest absolute Gasteiger partial charge is 0.241 e. The molecule has 4 heteroatoms. The molecule has 3 aromatic rings. The molecule has 0 heterocycles. The van der Waals surface area contributed by atoms with Gasteiger partial charge in [-0.2, -0.15) is 0 Å². The van der Waals surface area contributed by atoms with Crippen LogP contribution < -0.4 is 0 Å². The van der Waals surface area contributed by atoms with Crippen LogP contribution in [0.4, 0.5) is 10.1 Å². The first-order valence-electron chi connectivity index (χ1n) is 8.58. The van der Waals surface area contributed by atoms with Gasteiger partial charge in [0.05, 0.1) is 5.69 Å². The Hall–Kier alpha value is -2.30. The molecule has 1 nitrogen and oxygen atoms in total. The third kappa shape index (κ3) is 6.12. The molecular formula is C23H20FNS2. The van der Waals surface area contributed by atoms with Crippen molar-refractivity contribution in [2.45, 2.75) is 23.6 Å². The number of aliphatic imine (C=N–C) groups is 1. The van der Waals surface area contributed by atoms with Crippen molar-refractivity contribution >= 4 is 34.3 Å². The monoisotopic (exact) mass is 393 g/mol. The first-order chi connectivity index (χ1) is 13.1. The third-order valence-corrected chi connectivity index (χ3v) is 5.88. The number of benzene rings is 3. The molecular weight excluding hydrogens is 373 g/mol. The van der Waals surface area contributed by atoms with Gasteiger partial charge in [0.25, 0.3) is 0 Å². The van der Waals surface area contributed by atoms with Gasteiger partial charge in [0.1, 0.15) is 10.9 Å². The number of thioether (sulfide) groups is 2. The van der Waals surface area contributed by atoms with Crippen molar-refractivity contribution in [3.63, 3.8) is 0 Å². The Morgan fingerprint density at radius 3 is 2.15 bits per heavy atom. The highest BCUT2D eigenvalue weighted by Crippen LogP contribution is 2.29. The van der Waals surface area contributed by atoms with Crippen LogP contribution in [-0.2, 0) is 0 Å². The lowest BCUT2D eigenvalue weighted by Crippen LogP contribution is -1.94. The predicted octanol–water partition coefficient (Wildman–Crippen LogP) is 7.65. The summed E-state index contributed by atoms with van der Waals surface area (Å²) in [5.41, 5.74) is 3.23. The molecule has 0 radical (unpaired) electrons. The summed E-state index contributed by atoms with van der Waals surface area (Å²) in [6.45, 7) is 4.14. The summed E-state index contributed by atoms with van der Waals surface area (Å²) in [5.74, 6) is -0.221. The summed E-state index contributed by atoms with van der Waals surface area (Å²) < 4.78 is 13.1. The van der Waals surface area contributed by atoms with Crippen LogP contribution in [0.5, 0.6) is 0 Å². The maximum Gasteiger partial charge on any atom is 0.123 e. The van der Waals surface area contributed by atoms with Crippen LogP contribution in [0.15, 0.2) is 105 Å². The number of hydrogen-bond donors (Lipinski definition) is 0. The van der Waals surface area contributed by atoms with E-state index >= 15 is 0 Å².